The highest BCUT2D eigenvalue weighted by atomic mass is 79.9. The van der Waals surface area contributed by atoms with Gasteiger partial charge in [0.15, 0.2) is 0 Å². The van der Waals surface area contributed by atoms with Gasteiger partial charge in [-0.1, -0.05) is 45.7 Å². The molecule has 0 saturated heterocycles. The average molecular weight is 370 g/mol. The fourth-order valence-corrected chi connectivity index (χ4v) is 3.45. The maximum atomic E-state index is 13.9. The van der Waals surface area contributed by atoms with Crippen molar-refractivity contribution in [3.8, 4) is 5.75 Å². The number of halogens is 3. The first-order chi connectivity index (χ1) is 10.1. The average Bonchev–Trinajstić information content (AvgIpc) is 2.50. The summed E-state index contributed by atoms with van der Waals surface area (Å²) in [6, 6.07) is 11.0. The minimum atomic E-state index is -0.256. The SMILES string of the molecule is Fc1cccc(Cl)c1CC(Br)c1ccc2c(c1)CCCO2. The van der Waals surface area contributed by atoms with Gasteiger partial charge in [0.2, 0.25) is 0 Å². The number of ether oxygens (including phenoxy) is 1. The summed E-state index contributed by atoms with van der Waals surface area (Å²) in [5.41, 5.74) is 2.90. The Labute approximate surface area is 137 Å². The van der Waals surface area contributed by atoms with Crippen LogP contribution < -0.4 is 4.74 Å². The smallest absolute Gasteiger partial charge is 0.127 e. The van der Waals surface area contributed by atoms with E-state index in [9.17, 15) is 4.39 Å². The highest BCUT2D eigenvalue weighted by molar-refractivity contribution is 9.09. The zero-order chi connectivity index (χ0) is 14.8. The molecule has 1 heterocycles. The van der Waals surface area contributed by atoms with Crippen LogP contribution in [0.2, 0.25) is 5.02 Å². The van der Waals surface area contributed by atoms with Crippen LogP contribution in [0, 0.1) is 5.82 Å². The van der Waals surface area contributed by atoms with Crippen molar-refractivity contribution in [3.05, 3.63) is 63.9 Å². The van der Waals surface area contributed by atoms with Gasteiger partial charge in [-0.2, -0.15) is 0 Å². The van der Waals surface area contributed by atoms with Crippen molar-refractivity contribution < 1.29 is 9.13 Å². The molecular formula is C17H15BrClFO. The molecule has 0 N–H and O–H groups in total. The van der Waals surface area contributed by atoms with Crippen LogP contribution in [0.4, 0.5) is 4.39 Å². The first kappa shape index (κ1) is 14.9. The Hall–Kier alpha value is -1.06. The van der Waals surface area contributed by atoms with E-state index in [1.165, 1.54) is 11.6 Å². The molecule has 1 aliphatic heterocycles. The lowest BCUT2D eigenvalue weighted by Crippen LogP contribution is -2.09. The molecule has 0 amide bonds. The van der Waals surface area contributed by atoms with Crippen molar-refractivity contribution >= 4 is 27.5 Å². The number of aryl methyl sites for hydroxylation is 1. The Morgan fingerprint density at radius 3 is 2.95 bits per heavy atom. The summed E-state index contributed by atoms with van der Waals surface area (Å²) >= 11 is 9.75. The van der Waals surface area contributed by atoms with Gasteiger partial charge in [0, 0.05) is 15.4 Å². The van der Waals surface area contributed by atoms with Gasteiger partial charge in [-0.05, 0) is 48.6 Å². The molecule has 0 aromatic heterocycles. The molecular weight excluding hydrogens is 355 g/mol. The summed E-state index contributed by atoms with van der Waals surface area (Å²) in [6.07, 6.45) is 2.59. The van der Waals surface area contributed by atoms with Crippen molar-refractivity contribution in [3.63, 3.8) is 0 Å². The second-order valence-corrected chi connectivity index (χ2v) is 6.70. The van der Waals surface area contributed by atoms with Crippen molar-refractivity contribution in [1.82, 2.24) is 0 Å². The number of fused-ring (bicyclic) bond motifs is 1. The zero-order valence-corrected chi connectivity index (χ0v) is 13.8. The predicted molar refractivity (Wildman–Crippen MR) is 87.0 cm³/mol. The number of hydrogen-bond donors (Lipinski definition) is 0. The maximum Gasteiger partial charge on any atom is 0.127 e. The Kier molecular flexibility index (Phi) is 4.51. The van der Waals surface area contributed by atoms with Gasteiger partial charge >= 0.3 is 0 Å². The van der Waals surface area contributed by atoms with Gasteiger partial charge in [-0.3, -0.25) is 0 Å². The van der Waals surface area contributed by atoms with Gasteiger partial charge in [-0.25, -0.2) is 4.39 Å². The van der Waals surface area contributed by atoms with Crippen molar-refractivity contribution in [2.24, 2.45) is 0 Å². The maximum absolute atomic E-state index is 13.9. The van der Waals surface area contributed by atoms with E-state index >= 15 is 0 Å². The molecule has 0 fully saturated rings. The van der Waals surface area contributed by atoms with Crippen LogP contribution in [0.15, 0.2) is 36.4 Å². The van der Waals surface area contributed by atoms with E-state index in [1.54, 1.807) is 12.1 Å². The molecule has 2 aromatic carbocycles. The molecule has 1 atom stereocenters. The molecule has 21 heavy (non-hydrogen) atoms. The van der Waals surface area contributed by atoms with E-state index in [-0.39, 0.29) is 10.6 Å². The van der Waals surface area contributed by atoms with Crippen LogP contribution in [-0.4, -0.2) is 6.61 Å². The monoisotopic (exact) mass is 368 g/mol. The summed E-state index contributed by atoms with van der Waals surface area (Å²) in [5.74, 6) is 0.710. The lowest BCUT2D eigenvalue weighted by Gasteiger charge is -2.19. The largest absolute Gasteiger partial charge is 0.493 e. The lowest BCUT2D eigenvalue weighted by atomic mass is 9.99. The Balaban J connectivity index is 1.84. The minimum absolute atomic E-state index is 0.0270. The first-order valence-corrected chi connectivity index (χ1v) is 8.27. The molecule has 0 bridgehead atoms. The quantitative estimate of drug-likeness (QED) is 0.651. The van der Waals surface area contributed by atoms with E-state index < -0.39 is 0 Å². The molecule has 3 rings (SSSR count). The molecule has 0 radical (unpaired) electrons. The first-order valence-electron chi connectivity index (χ1n) is 6.98. The van der Waals surface area contributed by atoms with Crippen LogP contribution >= 0.6 is 27.5 Å². The summed E-state index contributed by atoms with van der Waals surface area (Å²) in [6.45, 7) is 0.787. The van der Waals surface area contributed by atoms with Crippen LogP contribution in [0.1, 0.15) is 27.9 Å². The Morgan fingerprint density at radius 2 is 2.14 bits per heavy atom. The van der Waals surface area contributed by atoms with Gasteiger partial charge < -0.3 is 4.74 Å². The van der Waals surface area contributed by atoms with Crippen LogP contribution in [0.3, 0.4) is 0 Å². The van der Waals surface area contributed by atoms with E-state index in [0.29, 0.717) is 17.0 Å². The third-order valence-corrected chi connectivity index (χ3v) is 4.95. The van der Waals surface area contributed by atoms with Gasteiger partial charge in [0.25, 0.3) is 0 Å². The third kappa shape index (κ3) is 3.24. The summed E-state index contributed by atoms with van der Waals surface area (Å²) in [4.78, 5) is 0.0270. The standard InChI is InChI=1S/C17H15BrClFO/c18-14(10-13-15(19)4-1-5-16(13)20)11-6-7-17-12(9-11)3-2-8-21-17/h1,4-7,9,14H,2-3,8,10H2. The lowest BCUT2D eigenvalue weighted by molar-refractivity contribution is 0.288. The number of rotatable bonds is 3. The predicted octanol–water partition coefficient (Wildman–Crippen LogP) is 5.48. The van der Waals surface area contributed by atoms with Gasteiger partial charge in [-0.15, -0.1) is 0 Å². The molecule has 0 saturated carbocycles. The summed E-state index contributed by atoms with van der Waals surface area (Å²) < 4.78 is 19.5. The summed E-state index contributed by atoms with van der Waals surface area (Å²) in [7, 11) is 0. The third-order valence-electron chi connectivity index (χ3n) is 3.74. The van der Waals surface area contributed by atoms with Gasteiger partial charge in [0.05, 0.1) is 6.61 Å². The van der Waals surface area contributed by atoms with Crippen LogP contribution in [-0.2, 0) is 12.8 Å². The molecule has 1 nitrogen and oxygen atoms in total. The highest BCUT2D eigenvalue weighted by Crippen LogP contribution is 2.34. The van der Waals surface area contributed by atoms with Gasteiger partial charge in [0.1, 0.15) is 11.6 Å². The fourth-order valence-electron chi connectivity index (χ4n) is 2.60. The second kappa shape index (κ2) is 6.37. The van der Waals surface area contributed by atoms with Crippen molar-refractivity contribution in [2.75, 3.05) is 6.61 Å². The molecule has 110 valence electrons. The molecule has 1 aliphatic rings. The molecule has 2 aromatic rings. The van der Waals surface area contributed by atoms with E-state index in [0.717, 1.165) is 30.8 Å². The molecule has 4 heteroatoms. The number of hydrogen-bond acceptors (Lipinski definition) is 1. The molecule has 0 spiro atoms. The zero-order valence-electron chi connectivity index (χ0n) is 11.4. The van der Waals surface area contributed by atoms with Crippen molar-refractivity contribution in [1.29, 1.82) is 0 Å². The van der Waals surface area contributed by atoms with E-state index in [4.69, 9.17) is 16.3 Å². The van der Waals surface area contributed by atoms with Crippen molar-refractivity contribution in [2.45, 2.75) is 24.1 Å². The number of alkyl halides is 1. The van der Waals surface area contributed by atoms with E-state index in [2.05, 4.69) is 22.0 Å². The normalized spacial score (nSPS) is 15.2. The van der Waals surface area contributed by atoms with Crippen LogP contribution in [0.5, 0.6) is 5.75 Å². The topological polar surface area (TPSA) is 9.23 Å². The van der Waals surface area contributed by atoms with E-state index in [1.807, 2.05) is 12.1 Å². The highest BCUT2D eigenvalue weighted by Gasteiger charge is 2.17. The minimum Gasteiger partial charge on any atom is -0.493 e. The Morgan fingerprint density at radius 1 is 1.29 bits per heavy atom. The molecule has 0 aliphatic carbocycles. The van der Waals surface area contributed by atoms with Crippen LogP contribution in [0.25, 0.3) is 0 Å². The number of benzene rings is 2. The second-order valence-electron chi connectivity index (χ2n) is 5.19. The fraction of sp³-hybridized carbons (Fsp3) is 0.294. The summed E-state index contributed by atoms with van der Waals surface area (Å²) in [5, 5.41) is 0.473. The Bertz CT molecular complexity index is 639. The molecule has 1 unspecified atom stereocenters.